The molecule has 0 spiro atoms. The fourth-order valence-corrected chi connectivity index (χ4v) is 4.21. The van der Waals surface area contributed by atoms with Gasteiger partial charge in [-0.2, -0.15) is 0 Å². The minimum absolute atomic E-state index is 0.781. The van der Waals surface area contributed by atoms with E-state index < -0.39 is 0 Å². The van der Waals surface area contributed by atoms with Crippen LogP contribution in [0.15, 0.2) is 65.2 Å². The standard InChI is InChI=1S/C25H32N4O/c1-26-25(29-13-11-22(12-14-29)19-21-7-3-2-4-8-21)27-20-23-9-5-6-10-24(23)28-15-17-30-18-16-28/h2-10,19H,11-18,20H2,1H3,(H,26,27). The lowest BCUT2D eigenvalue weighted by Crippen LogP contribution is -2.44. The topological polar surface area (TPSA) is 40.1 Å². The first-order chi connectivity index (χ1) is 14.8. The Bertz CT molecular complexity index is 862. The van der Waals surface area contributed by atoms with Crippen molar-refractivity contribution in [2.45, 2.75) is 19.4 Å². The molecule has 30 heavy (non-hydrogen) atoms. The Hall–Kier alpha value is -2.79. The summed E-state index contributed by atoms with van der Waals surface area (Å²) in [6.45, 7) is 6.30. The number of likely N-dealkylation sites (tertiary alicyclic amines) is 1. The van der Waals surface area contributed by atoms with Gasteiger partial charge in [0.1, 0.15) is 0 Å². The van der Waals surface area contributed by atoms with E-state index in [4.69, 9.17) is 4.74 Å². The molecule has 0 amide bonds. The average Bonchev–Trinajstić information content (AvgIpc) is 2.82. The van der Waals surface area contributed by atoms with Gasteiger partial charge in [0, 0.05) is 45.5 Å². The van der Waals surface area contributed by atoms with E-state index >= 15 is 0 Å². The number of morpholine rings is 1. The zero-order valence-corrected chi connectivity index (χ0v) is 17.9. The van der Waals surface area contributed by atoms with Gasteiger partial charge in [-0.3, -0.25) is 4.99 Å². The van der Waals surface area contributed by atoms with Gasteiger partial charge in [-0.05, 0) is 30.0 Å². The van der Waals surface area contributed by atoms with Crippen LogP contribution < -0.4 is 10.2 Å². The Kier molecular flexibility index (Phi) is 7.03. The molecule has 2 aromatic rings. The lowest BCUT2D eigenvalue weighted by atomic mass is 10.0. The number of piperidine rings is 1. The molecule has 158 valence electrons. The normalized spacial score (nSPS) is 17.8. The summed E-state index contributed by atoms with van der Waals surface area (Å²) < 4.78 is 5.51. The van der Waals surface area contributed by atoms with E-state index in [0.29, 0.717) is 0 Å². The number of hydrogen-bond acceptors (Lipinski definition) is 3. The molecular formula is C25H32N4O. The summed E-state index contributed by atoms with van der Waals surface area (Å²) in [4.78, 5) is 9.35. The summed E-state index contributed by atoms with van der Waals surface area (Å²) >= 11 is 0. The number of hydrogen-bond donors (Lipinski definition) is 1. The van der Waals surface area contributed by atoms with E-state index in [1.54, 1.807) is 0 Å². The van der Waals surface area contributed by atoms with Gasteiger partial charge in [-0.15, -0.1) is 0 Å². The Morgan fingerprint density at radius 1 is 0.967 bits per heavy atom. The quantitative estimate of drug-likeness (QED) is 0.622. The number of nitrogens with one attached hydrogen (secondary N) is 1. The second-order valence-corrected chi connectivity index (χ2v) is 7.83. The molecule has 0 aliphatic carbocycles. The zero-order valence-electron chi connectivity index (χ0n) is 17.9. The summed E-state index contributed by atoms with van der Waals surface area (Å²) in [5.41, 5.74) is 5.42. The molecule has 1 N–H and O–H groups in total. The van der Waals surface area contributed by atoms with Gasteiger partial charge >= 0.3 is 0 Å². The number of nitrogens with zero attached hydrogens (tertiary/aromatic N) is 3. The molecular weight excluding hydrogens is 372 g/mol. The van der Waals surface area contributed by atoms with Crippen LogP contribution in [0.3, 0.4) is 0 Å². The lowest BCUT2D eigenvalue weighted by Gasteiger charge is -2.33. The van der Waals surface area contributed by atoms with Crippen LogP contribution in [0.5, 0.6) is 0 Å². The Labute approximate surface area is 180 Å². The second-order valence-electron chi connectivity index (χ2n) is 7.83. The molecule has 2 saturated heterocycles. The fourth-order valence-electron chi connectivity index (χ4n) is 4.21. The van der Waals surface area contributed by atoms with Crippen molar-refractivity contribution in [2.75, 3.05) is 51.3 Å². The maximum atomic E-state index is 5.51. The van der Waals surface area contributed by atoms with E-state index in [9.17, 15) is 0 Å². The molecule has 5 nitrogen and oxygen atoms in total. The van der Waals surface area contributed by atoms with E-state index in [-0.39, 0.29) is 0 Å². The van der Waals surface area contributed by atoms with Gasteiger partial charge < -0.3 is 19.9 Å². The highest BCUT2D eigenvalue weighted by Crippen LogP contribution is 2.22. The molecule has 2 aliphatic rings. The molecule has 0 atom stereocenters. The highest BCUT2D eigenvalue weighted by atomic mass is 16.5. The molecule has 0 saturated carbocycles. The SMILES string of the molecule is CN=C(NCc1ccccc1N1CCOCC1)N1CCC(=Cc2ccccc2)CC1. The number of guanidine groups is 1. The minimum Gasteiger partial charge on any atom is -0.378 e. The van der Waals surface area contributed by atoms with Gasteiger partial charge in [-0.1, -0.05) is 60.2 Å². The van der Waals surface area contributed by atoms with E-state index in [1.165, 1.54) is 22.4 Å². The maximum absolute atomic E-state index is 5.51. The lowest BCUT2D eigenvalue weighted by molar-refractivity contribution is 0.122. The molecule has 0 unspecified atom stereocenters. The highest BCUT2D eigenvalue weighted by Gasteiger charge is 2.18. The van der Waals surface area contributed by atoms with Crippen LogP contribution in [-0.4, -0.2) is 57.3 Å². The number of ether oxygens (including phenoxy) is 1. The largest absolute Gasteiger partial charge is 0.378 e. The van der Waals surface area contributed by atoms with Crippen molar-refractivity contribution < 1.29 is 4.74 Å². The first-order valence-corrected chi connectivity index (χ1v) is 10.9. The molecule has 2 heterocycles. The number of para-hydroxylation sites is 1. The number of rotatable bonds is 4. The number of anilines is 1. The number of aliphatic imine (C=N–C) groups is 1. The third-order valence-corrected chi connectivity index (χ3v) is 5.87. The minimum atomic E-state index is 0.781. The summed E-state index contributed by atoms with van der Waals surface area (Å²) in [6.07, 6.45) is 4.51. The van der Waals surface area contributed by atoms with Crippen molar-refractivity contribution >= 4 is 17.7 Å². The van der Waals surface area contributed by atoms with Crippen molar-refractivity contribution in [3.63, 3.8) is 0 Å². The molecule has 5 heteroatoms. The first-order valence-electron chi connectivity index (χ1n) is 10.9. The smallest absolute Gasteiger partial charge is 0.193 e. The first kappa shape index (κ1) is 20.5. The van der Waals surface area contributed by atoms with Gasteiger partial charge in [0.25, 0.3) is 0 Å². The molecule has 0 radical (unpaired) electrons. The molecule has 0 bridgehead atoms. The summed E-state index contributed by atoms with van der Waals surface area (Å²) in [7, 11) is 1.88. The fraction of sp³-hybridized carbons (Fsp3) is 0.400. The van der Waals surface area contributed by atoms with Crippen LogP contribution in [0.1, 0.15) is 24.0 Å². The third kappa shape index (κ3) is 5.22. The van der Waals surface area contributed by atoms with Crippen molar-refractivity contribution in [2.24, 2.45) is 4.99 Å². The molecule has 0 aromatic heterocycles. The Morgan fingerprint density at radius 2 is 1.67 bits per heavy atom. The molecule has 2 fully saturated rings. The average molecular weight is 405 g/mol. The van der Waals surface area contributed by atoms with Crippen LogP contribution in [0.2, 0.25) is 0 Å². The van der Waals surface area contributed by atoms with Gasteiger partial charge in [0.05, 0.1) is 13.2 Å². The number of benzene rings is 2. The van der Waals surface area contributed by atoms with E-state index in [2.05, 4.69) is 80.8 Å². The summed E-state index contributed by atoms with van der Waals surface area (Å²) in [6, 6.07) is 19.3. The molecule has 2 aliphatic heterocycles. The van der Waals surface area contributed by atoms with Crippen LogP contribution in [0.4, 0.5) is 5.69 Å². The van der Waals surface area contributed by atoms with Gasteiger partial charge in [0.15, 0.2) is 5.96 Å². The van der Waals surface area contributed by atoms with E-state index in [1.807, 2.05) is 7.05 Å². The van der Waals surface area contributed by atoms with Crippen molar-refractivity contribution in [3.8, 4) is 0 Å². The van der Waals surface area contributed by atoms with Crippen LogP contribution >= 0.6 is 0 Å². The molecule has 4 rings (SSSR count). The van der Waals surface area contributed by atoms with Crippen molar-refractivity contribution in [3.05, 3.63) is 71.3 Å². The second kappa shape index (κ2) is 10.3. The summed E-state index contributed by atoms with van der Waals surface area (Å²) in [5, 5.41) is 3.60. The Morgan fingerprint density at radius 3 is 2.40 bits per heavy atom. The zero-order chi connectivity index (χ0) is 20.6. The van der Waals surface area contributed by atoms with Gasteiger partial charge in [0.2, 0.25) is 0 Å². The van der Waals surface area contributed by atoms with Crippen molar-refractivity contribution in [1.82, 2.24) is 10.2 Å². The monoisotopic (exact) mass is 404 g/mol. The van der Waals surface area contributed by atoms with Crippen LogP contribution in [-0.2, 0) is 11.3 Å². The third-order valence-electron chi connectivity index (χ3n) is 5.87. The Balaban J connectivity index is 1.35. The van der Waals surface area contributed by atoms with E-state index in [0.717, 1.165) is 64.7 Å². The molecule has 2 aromatic carbocycles. The van der Waals surface area contributed by atoms with Crippen molar-refractivity contribution in [1.29, 1.82) is 0 Å². The van der Waals surface area contributed by atoms with Crippen LogP contribution in [0.25, 0.3) is 6.08 Å². The van der Waals surface area contributed by atoms with Gasteiger partial charge in [-0.25, -0.2) is 0 Å². The maximum Gasteiger partial charge on any atom is 0.193 e. The predicted octanol–water partition coefficient (Wildman–Crippen LogP) is 3.78. The van der Waals surface area contributed by atoms with Crippen LogP contribution in [0, 0.1) is 0 Å². The predicted molar refractivity (Wildman–Crippen MR) is 125 cm³/mol. The summed E-state index contributed by atoms with van der Waals surface area (Å²) in [5.74, 6) is 0.991. The highest BCUT2D eigenvalue weighted by molar-refractivity contribution is 5.80.